The summed E-state index contributed by atoms with van der Waals surface area (Å²) in [5, 5.41) is 18.6. The molecule has 0 amide bonds. The number of aliphatic hydroxyl groups excluding tert-OH is 2. The lowest BCUT2D eigenvalue weighted by Gasteiger charge is -2.30. The van der Waals surface area contributed by atoms with Crippen LogP contribution in [-0.4, -0.2) is 28.7 Å². The molecule has 3 heteroatoms. The summed E-state index contributed by atoms with van der Waals surface area (Å²) >= 11 is 0. The van der Waals surface area contributed by atoms with Crippen LogP contribution in [0.1, 0.15) is 32.1 Å². The van der Waals surface area contributed by atoms with Gasteiger partial charge >= 0.3 is 0 Å². The van der Waals surface area contributed by atoms with Crippen molar-refractivity contribution in [1.82, 2.24) is 0 Å². The van der Waals surface area contributed by atoms with Crippen molar-refractivity contribution in [3.63, 3.8) is 0 Å². The molecule has 3 nitrogen and oxygen atoms in total. The van der Waals surface area contributed by atoms with Crippen molar-refractivity contribution in [3.8, 4) is 0 Å². The van der Waals surface area contributed by atoms with Crippen molar-refractivity contribution >= 4 is 0 Å². The first kappa shape index (κ1) is 10.7. The molecule has 1 saturated heterocycles. The number of hydrogen-bond acceptors (Lipinski definition) is 3. The van der Waals surface area contributed by atoms with Crippen molar-refractivity contribution < 1.29 is 14.9 Å². The lowest BCUT2D eigenvalue weighted by atomic mass is 10.0. The van der Waals surface area contributed by atoms with Crippen molar-refractivity contribution in [3.05, 3.63) is 12.7 Å². The van der Waals surface area contributed by atoms with E-state index in [9.17, 15) is 10.2 Å². The molecule has 13 heavy (non-hydrogen) atoms. The Labute approximate surface area is 79.0 Å². The van der Waals surface area contributed by atoms with Gasteiger partial charge in [0, 0.05) is 6.42 Å². The minimum atomic E-state index is -0.780. The summed E-state index contributed by atoms with van der Waals surface area (Å²) in [6.45, 7) is 3.63. The van der Waals surface area contributed by atoms with Gasteiger partial charge in [-0.15, -0.1) is 6.58 Å². The first-order valence-electron chi connectivity index (χ1n) is 4.85. The van der Waals surface area contributed by atoms with Gasteiger partial charge in [-0.25, -0.2) is 0 Å². The summed E-state index contributed by atoms with van der Waals surface area (Å²) in [6, 6.07) is 0. The average molecular weight is 186 g/mol. The zero-order valence-corrected chi connectivity index (χ0v) is 7.85. The van der Waals surface area contributed by atoms with E-state index in [1.54, 1.807) is 0 Å². The summed E-state index contributed by atoms with van der Waals surface area (Å²) in [4.78, 5) is 0. The van der Waals surface area contributed by atoms with Crippen LogP contribution in [0, 0.1) is 0 Å². The minimum absolute atomic E-state index is 0.0127. The van der Waals surface area contributed by atoms with Crippen LogP contribution < -0.4 is 0 Å². The van der Waals surface area contributed by atoms with Crippen LogP contribution in [0.15, 0.2) is 12.7 Å². The fourth-order valence-corrected chi connectivity index (χ4v) is 1.64. The number of ether oxygens (including phenoxy) is 1. The van der Waals surface area contributed by atoms with E-state index in [0.29, 0.717) is 12.8 Å². The number of aliphatic hydroxyl groups is 2. The molecule has 1 heterocycles. The van der Waals surface area contributed by atoms with Crippen LogP contribution in [0.4, 0.5) is 0 Å². The van der Waals surface area contributed by atoms with Gasteiger partial charge in [0.15, 0.2) is 6.29 Å². The highest BCUT2D eigenvalue weighted by molar-refractivity contribution is 4.74. The van der Waals surface area contributed by atoms with Crippen LogP contribution in [0.5, 0.6) is 0 Å². The van der Waals surface area contributed by atoms with E-state index in [1.165, 1.54) is 0 Å². The van der Waals surface area contributed by atoms with E-state index in [4.69, 9.17) is 4.74 Å². The SMILES string of the molecule is C=CCCC[C@@H]1C[C@@H](O)C[C@H](O)O1. The monoisotopic (exact) mass is 186 g/mol. The van der Waals surface area contributed by atoms with E-state index in [1.807, 2.05) is 6.08 Å². The smallest absolute Gasteiger partial charge is 0.157 e. The number of allylic oxidation sites excluding steroid dienone is 1. The van der Waals surface area contributed by atoms with Gasteiger partial charge in [0.1, 0.15) is 0 Å². The summed E-state index contributed by atoms with van der Waals surface area (Å²) in [6.07, 6.45) is 4.55. The highest BCUT2D eigenvalue weighted by Gasteiger charge is 2.26. The predicted octanol–water partition coefficient (Wildman–Crippen LogP) is 1.20. The molecule has 1 rings (SSSR count). The molecule has 76 valence electrons. The second-order valence-electron chi connectivity index (χ2n) is 3.56. The Bertz CT molecular complexity index is 148. The molecular formula is C10H18O3. The standard InChI is InChI=1S/C10H18O3/c1-2-3-4-5-9-6-8(11)7-10(12)13-9/h2,8-12H,1,3-7H2/t8-,9-,10-/m1/s1. The molecule has 0 spiro atoms. The Morgan fingerprint density at radius 2 is 2.15 bits per heavy atom. The third-order valence-corrected chi connectivity index (χ3v) is 2.29. The fraction of sp³-hybridized carbons (Fsp3) is 0.800. The lowest BCUT2D eigenvalue weighted by Crippen LogP contribution is -2.35. The van der Waals surface area contributed by atoms with Gasteiger partial charge < -0.3 is 14.9 Å². The number of unbranched alkanes of at least 4 members (excludes halogenated alkanes) is 1. The van der Waals surface area contributed by atoms with E-state index >= 15 is 0 Å². The van der Waals surface area contributed by atoms with Crippen LogP contribution in [0.2, 0.25) is 0 Å². The van der Waals surface area contributed by atoms with E-state index in [0.717, 1.165) is 19.3 Å². The van der Waals surface area contributed by atoms with Crippen LogP contribution in [-0.2, 0) is 4.74 Å². The Hall–Kier alpha value is -0.380. The quantitative estimate of drug-likeness (QED) is 0.512. The van der Waals surface area contributed by atoms with Gasteiger partial charge in [-0.3, -0.25) is 0 Å². The minimum Gasteiger partial charge on any atom is -0.393 e. The summed E-state index contributed by atoms with van der Waals surface area (Å²) in [7, 11) is 0. The molecule has 0 radical (unpaired) electrons. The topological polar surface area (TPSA) is 49.7 Å². The maximum Gasteiger partial charge on any atom is 0.157 e. The molecule has 1 aliphatic rings. The van der Waals surface area contributed by atoms with Crippen molar-refractivity contribution in [2.75, 3.05) is 0 Å². The summed E-state index contributed by atoms with van der Waals surface area (Å²) in [5.74, 6) is 0. The molecule has 1 aliphatic heterocycles. The highest BCUT2D eigenvalue weighted by Crippen LogP contribution is 2.21. The maximum atomic E-state index is 9.35. The lowest BCUT2D eigenvalue weighted by molar-refractivity contribution is -0.190. The summed E-state index contributed by atoms with van der Waals surface area (Å²) in [5.41, 5.74) is 0. The third-order valence-electron chi connectivity index (χ3n) is 2.29. The molecule has 0 saturated carbocycles. The highest BCUT2D eigenvalue weighted by atomic mass is 16.6. The molecule has 0 bridgehead atoms. The first-order valence-corrected chi connectivity index (χ1v) is 4.85. The van der Waals surface area contributed by atoms with Crippen LogP contribution in [0.3, 0.4) is 0 Å². The van der Waals surface area contributed by atoms with Gasteiger partial charge in [-0.1, -0.05) is 6.08 Å². The Kier molecular flexibility index (Phi) is 4.42. The van der Waals surface area contributed by atoms with Crippen molar-refractivity contribution in [1.29, 1.82) is 0 Å². The van der Waals surface area contributed by atoms with E-state index in [-0.39, 0.29) is 6.10 Å². The zero-order valence-electron chi connectivity index (χ0n) is 7.85. The largest absolute Gasteiger partial charge is 0.393 e. The van der Waals surface area contributed by atoms with E-state index in [2.05, 4.69) is 6.58 Å². The second-order valence-corrected chi connectivity index (χ2v) is 3.56. The molecule has 0 aromatic heterocycles. The van der Waals surface area contributed by atoms with Crippen LogP contribution >= 0.6 is 0 Å². The molecule has 0 aromatic rings. The number of rotatable bonds is 4. The Balaban J connectivity index is 2.20. The molecular weight excluding hydrogens is 168 g/mol. The van der Waals surface area contributed by atoms with Gasteiger partial charge in [-0.05, 0) is 25.7 Å². The molecule has 0 unspecified atom stereocenters. The third kappa shape index (κ3) is 3.89. The number of hydrogen-bond donors (Lipinski definition) is 2. The first-order chi connectivity index (χ1) is 6.22. The van der Waals surface area contributed by atoms with Gasteiger partial charge in [-0.2, -0.15) is 0 Å². The maximum absolute atomic E-state index is 9.35. The molecule has 2 N–H and O–H groups in total. The molecule has 1 fully saturated rings. The van der Waals surface area contributed by atoms with Crippen molar-refractivity contribution in [2.24, 2.45) is 0 Å². The van der Waals surface area contributed by atoms with Gasteiger partial charge in [0.2, 0.25) is 0 Å². The van der Waals surface area contributed by atoms with E-state index < -0.39 is 12.4 Å². The van der Waals surface area contributed by atoms with Crippen molar-refractivity contribution in [2.45, 2.75) is 50.6 Å². The molecule has 3 atom stereocenters. The molecule has 0 aliphatic carbocycles. The molecule has 0 aromatic carbocycles. The predicted molar refractivity (Wildman–Crippen MR) is 50.2 cm³/mol. The van der Waals surface area contributed by atoms with Gasteiger partial charge in [0.25, 0.3) is 0 Å². The second kappa shape index (κ2) is 5.37. The van der Waals surface area contributed by atoms with Gasteiger partial charge in [0.05, 0.1) is 12.2 Å². The summed E-state index contributed by atoms with van der Waals surface area (Å²) < 4.78 is 5.26. The zero-order chi connectivity index (χ0) is 9.68. The van der Waals surface area contributed by atoms with Crippen LogP contribution in [0.25, 0.3) is 0 Å². The normalized spacial score (nSPS) is 34.5. The average Bonchev–Trinajstić information content (AvgIpc) is 2.03. The Morgan fingerprint density at radius 1 is 1.38 bits per heavy atom. The fourth-order valence-electron chi connectivity index (χ4n) is 1.64. The Morgan fingerprint density at radius 3 is 2.77 bits per heavy atom.